The average Bonchev–Trinajstić information content (AvgIpc) is 2.69. The number of hydrogen-bond acceptors (Lipinski definition) is 5. The second kappa shape index (κ2) is 7.33. The Balaban J connectivity index is 2.06. The number of methoxy groups -OCH3 is 2. The van der Waals surface area contributed by atoms with E-state index in [2.05, 4.69) is 4.98 Å². The Bertz CT molecular complexity index is 1120. The van der Waals surface area contributed by atoms with Gasteiger partial charge in [-0.1, -0.05) is 0 Å². The minimum Gasteiger partial charge on any atom is -0.497 e. The van der Waals surface area contributed by atoms with Crippen molar-refractivity contribution in [2.45, 2.75) is 6.92 Å². The van der Waals surface area contributed by atoms with Crippen LogP contribution in [-0.2, 0) is 0 Å². The molecule has 0 amide bonds. The molecule has 7 nitrogen and oxygen atoms in total. The van der Waals surface area contributed by atoms with Gasteiger partial charge in [0.25, 0.3) is 5.56 Å². The Kier molecular flexibility index (Phi) is 4.94. The zero-order valence-electron chi connectivity index (χ0n) is 15.1. The molecule has 0 saturated carbocycles. The zero-order chi connectivity index (χ0) is 19.6. The second-order valence-electron chi connectivity index (χ2n) is 5.82. The van der Waals surface area contributed by atoms with E-state index in [-0.39, 0.29) is 11.1 Å². The number of rotatable bonds is 5. The largest absolute Gasteiger partial charge is 0.497 e. The number of benzene rings is 1. The predicted molar refractivity (Wildman–Crippen MR) is 102 cm³/mol. The van der Waals surface area contributed by atoms with E-state index in [0.29, 0.717) is 28.4 Å². The van der Waals surface area contributed by atoms with Crippen molar-refractivity contribution in [1.82, 2.24) is 9.38 Å². The van der Waals surface area contributed by atoms with E-state index < -0.39 is 5.97 Å². The maximum atomic E-state index is 12.6. The lowest BCUT2D eigenvalue weighted by Crippen LogP contribution is -2.20. The van der Waals surface area contributed by atoms with Crippen LogP contribution in [0.25, 0.3) is 17.8 Å². The molecule has 0 aliphatic heterocycles. The molecule has 0 spiro atoms. The third-order valence-corrected chi connectivity index (χ3v) is 4.19. The fraction of sp³-hybridized carbons (Fsp3) is 0.150. The van der Waals surface area contributed by atoms with Crippen molar-refractivity contribution in [3.05, 3.63) is 69.3 Å². The Hall–Kier alpha value is -3.61. The summed E-state index contributed by atoms with van der Waals surface area (Å²) in [6.07, 6.45) is 4.81. The number of hydrogen-bond donors (Lipinski definition) is 1. The molecule has 7 heteroatoms. The number of carboxylic acid groups (broad SMARTS) is 1. The highest BCUT2D eigenvalue weighted by atomic mass is 16.5. The van der Waals surface area contributed by atoms with Crippen molar-refractivity contribution in [1.29, 1.82) is 0 Å². The first kappa shape index (κ1) is 18.2. The van der Waals surface area contributed by atoms with Gasteiger partial charge in [0.15, 0.2) is 0 Å². The molecular formula is C20H18N2O5. The van der Waals surface area contributed by atoms with Crippen LogP contribution in [0, 0.1) is 6.92 Å². The molecule has 3 rings (SSSR count). The molecule has 0 aliphatic carbocycles. The molecule has 0 aliphatic rings. The van der Waals surface area contributed by atoms with Gasteiger partial charge in [-0.05, 0) is 43.3 Å². The number of ether oxygens (including phenoxy) is 2. The highest BCUT2D eigenvalue weighted by molar-refractivity contribution is 5.87. The van der Waals surface area contributed by atoms with Crippen molar-refractivity contribution in [3.8, 4) is 11.5 Å². The quantitative estimate of drug-likeness (QED) is 0.747. The summed E-state index contributed by atoms with van der Waals surface area (Å²) in [4.78, 5) is 28.2. The highest BCUT2D eigenvalue weighted by Gasteiger charge is 2.10. The molecule has 0 bridgehead atoms. The Morgan fingerprint density at radius 1 is 1.15 bits per heavy atom. The topological polar surface area (TPSA) is 90.1 Å². The third kappa shape index (κ3) is 3.52. The van der Waals surface area contributed by atoms with E-state index in [9.17, 15) is 9.59 Å². The smallest absolute Gasteiger partial charge is 0.337 e. The normalized spacial score (nSPS) is 11.1. The minimum absolute atomic E-state index is 0.0251. The van der Waals surface area contributed by atoms with Crippen LogP contribution in [0.2, 0.25) is 0 Å². The third-order valence-electron chi connectivity index (χ3n) is 4.19. The number of aromatic carboxylic acids is 1. The summed E-state index contributed by atoms with van der Waals surface area (Å²) in [7, 11) is 3.15. The molecule has 0 radical (unpaired) electrons. The lowest BCUT2D eigenvalue weighted by Gasteiger charge is -2.08. The number of nitrogens with zero attached hydrogens (tertiary/aromatic N) is 2. The molecule has 1 aromatic carbocycles. The lowest BCUT2D eigenvalue weighted by molar-refractivity contribution is 0.0696. The van der Waals surface area contributed by atoms with E-state index in [1.807, 2.05) is 12.1 Å². The number of fused-ring (bicyclic) bond motifs is 1. The van der Waals surface area contributed by atoms with Crippen LogP contribution >= 0.6 is 0 Å². The molecule has 0 saturated heterocycles. The molecule has 2 heterocycles. The maximum absolute atomic E-state index is 12.6. The molecule has 3 aromatic rings. The molecule has 2 aromatic heterocycles. The summed E-state index contributed by atoms with van der Waals surface area (Å²) in [6.45, 7) is 1.65. The minimum atomic E-state index is -1.10. The summed E-state index contributed by atoms with van der Waals surface area (Å²) < 4.78 is 11.8. The van der Waals surface area contributed by atoms with E-state index in [4.69, 9.17) is 14.6 Å². The predicted octanol–water partition coefficient (Wildman–Crippen LogP) is 2.89. The van der Waals surface area contributed by atoms with Crippen LogP contribution in [0.1, 0.15) is 27.2 Å². The molecule has 27 heavy (non-hydrogen) atoms. The zero-order valence-corrected chi connectivity index (χ0v) is 15.1. The average molecular weight is 366 g/mol. The summed E-state index contributed by atoms with van der Waals surface area (Å²) >= 11 is 0. The Labute approximate surface area is 155 Å². The molecule has 0 unspecified atom stereocenters. The van der Waals surface area contributed by atoms with E-state index in [1.165, 1.54) is 22.7 Å². The van der Waals surface area contributed by atoms with Crippen LogP contribution < -0.4 is 15.0 Å². The van der Waals surface area contributed by atoms with Crippen LogP contribution in [-0.4, -0.2) is 34.7 Å². The number of pyridine rings is 1. The van der Waals surface area contributed by atoms with Gasteiger partial charge in [0.05, 0.1) is 25.5 Å². The summed E-state index contributed by atoms with van der Waals surface area (Å²) in [5, 5.41) is 9.09. The number of carbonyl (C=O) groups is 1. The van der Waals surface area contributed by atoms with Crippen LogP contribution in [0.3, 0.4) is 0 Å². The summed E-state index contributed by atoms with van der Waals surface area (Å²) in [6, 6.07) is 8.35. The lowest BCUT2D eigenvalue weighted by atomic mass is 10.1. The number of carboxylic acids is 1. The van der Waals surface area contributed by atoms with Crippen molar-refractivity contribution in [3.63, 3.8) is 0 Å². The SMILES string of the molecule is COc1ccc(/C=C/c2nc3ccc(C(=O)O)cn3c(=O)c2C)c(OC)c1. The van der Waals surface area contributed by atoms with Gasteiger partial charge in [-0.2, -0.15) is 0 Å². The summed E-state index contributed by atoms with van der Waals surface area (Å²) in [5.74, 6) is 0.209. The van der Waals surface area contributed by atoms with Gasteiger partial charge in [0.2, 0.25) is 0 Å². The first-order valence-corrected chi connectivity index (χ1v) is 8.11. The van der Waals surface area contributed by atoms with Crippen molar-refractivity contribution in [2.75, 3.05) is 14.2 Å². The van der Waals surface area contributed by atoms with Crippen LogP contribution in [0.15, 0.2) is 41.3 Å². The van der Waals surface area contributed by atoms with Crippen LogP contribution in [0.5, 0.6) is 11.5 Å². The number of aromatic nitrogens is 2. The van der Waals surface area contributed by atoms with Gasteiger partial charge in [-0.15, -0.1) is 0 Å². The van der Waals surface area contributed by atoms with Gasteiger partial charge >= 0.3 is 5.97 Å². The van der Waals surface area contributed by atoms with Gasteiger partial charge < -0.3 is 14.6 Å². The molecule has 138 valence electrons. The fourth-order valence-corrected chi connectivity index (χ4v) is 2.66. The van der Waals surface area contributed by atoms with Crippen molar-refractivity contribution < 1.29 is 19.4 Å². The first-order valence-electron chi connectivity index (χ1n) is 8.11. The maximum Gasteiger partial charge on any atom is 0.337 e. The van der Waals surface area contributed by atoms with E-state index in [1.54, 1.807) is 39.4 Å². The standard InChI is InChI=1S/C20H18N2O5/c1-12-16(8-5-13-4-7-15(26-2)10-17(13)27-3)21-18-9-6-14(20(24)25)11-22(18)19(12)23/h4-11H,1-3H3,(H,24,25)/b8-5+. The van der Waals surface area contributed by atoms with E-state index >= 15 is 0 Å². The Morgan fingerprint density at radius 2 is 1.93 bits per heavy atom. The van der Waals surface area contributed by atoms with Gasteiger partial charge in [-0.3, -0.25) is 9.20 Å². The van der Waals surface area contributed by atoms with Gasteiger partial charge in [-0.25, -0.2) is 9.78 Å². The van der Waals surface area contributed by atoms with Crippen molar-refractivity contribution >= 4 is 23.8 Å². The summed E-state index contributed by atoms with van der Waals surface area (Å²) in [5.41, 5.74) is 1.80. The van der Waals surface area contributed by atoms with Crippen molar-refractivity contribution in [2.24, 2.45) is 0 Å². The molecular weight excluding hydrogens is 348 g/mol. The molecule has 0 atom stereocenters. The highest BCUT2D eigenvalue weighted by Crippen LogP contribution is 2.26. The monoisotopic (exact) mass is 366 g/mol. The molecule has 1 N–H and O–H groups in total. The van der Waals surface area contributed by atoms with Crippen LogP contribution in [0.4, 0.5) is 0 Å². The van der Waals surface area contributed by atoms with Gasteiger partial charge in [0.1, 0.15) is 17.1 Å². The Morgan fingerprint density at radius 3 is 2.59 bits per heavy atom. The molecule has 0 fully saturated rings. The van der Waals surface area contributed by atoms with E-state index in [0.717, 1.165) is 5.56 Å². The first-order chi connectivity index (χ1) is 12.9. The second-order valence-corrected chi connectivity index (χ2v) is 5.82. The fourth-order valence-electron chi connectivity index (χ4n) is 2.66. The van der Waals surface area contributed by atoms with Gasteiger partial charge in [0, 0.05) is 23.4 Å².